The van der Waals surface area contributed by atoms with Gasteiger partial charge < -0.3 is 14.2 Å². The molecule has 0 unspecified atom stereocenters. The van der Waals surface area contributed by atoms with E-state index in [-0.39, 0.29) is 28.9 Å². The molecule has 0 saturated heterocycles. The fourth-order valence-corrected chi connectivity index (χ4v) is 3.24. The Labute approximate surface area is 176 Å². The van der Waals surface area contributed by atoms with Crippen LogP contribution in [0, 0.1) is 6.92 Å². The summed E-state index contributed by atoms with van der Waals surface area (Å²) in [5.74, 6) is -1.22. The maximum Gasteiger partial charge on any atom is 0.338 e. The fraction of sp³-hybridized carbons (Fsp3) is 0.286. The second kappa shape index (κ2) is 8.82. The van der Waals surface area contributed by atoms with E-state index in [1.54, 1.807) is 38.1 Å². The molecule has 1 aromatic carbocycles. The van der Waals surface area contributed by atoms with E-state index in [0.29, 0.717) is 16.0 Å². The molecular weight excluding hydrogens is 406 g/mol. The smallest absolute Gasteiger partial charge is 0.338 e. The number of aromatic nitrogens is 3. The predicted molar refractivity (Wildman–Crippen MR) is 111 cm³/mol. The molecule has 0 bridgehead atoms. The van der Waals surface area contributed by atoms with Gasteiger partial charge in [0.05, 0.1) is 37.5 Å². The van der Waals surface area contributed by atoms with Crippen LogP contribution in [0.5, 0.6) is 5.75 Å². The van der Waals surface area contributed by atoms with Crippen LogP contribution in [0.1, 0.15) is 23.0 Å². The van der Waals surface area contributed by atoms with Crippen LogP contribution < -0.4 is 16.0 Å². The minimum Gasteiger partial charge on any atom is -0.495 e. The monoisotopic (exact) mass is 427 g/mol. The fourth-order valence-electron chi connectivity index (χ4n) is 3.24. The molecule has 10 heteroatoms. The first-order chi connectivity index (χ1) is 14.8. The molecule has 3 aromatic rings. The number of para-hydroxylation sites is 2. The second-order valence-electron chi connectivity index (χ2n) is 6.49. The average Bonchev–Trinajstić information content (AvgIpc) is 2.76. The van der Waals surface area contributed by atoms with Gasteiger partial charge in [0.1, 0.15) is 12.3 Å². The lowest BCUT2D eigenvalue weighted by atomic mass is 10.1. The first kappa shape index (κ1) is 21.8. The number of fused-ring (bicyclic) bond motifs is 1. The minimum absolute atomic E-state index is 0.0555. The third-order valence-corrected chi connectivity index (χ3v) is 4.55. The van der Waals surface area contributed by atoms with Crippen LogP contribution in [0.25, 0.3) is 16.7 Å². The van der Waals surface area contributed by atoms with E-state index >= 15 is 0 Å². The molecule has 0 aliphatic carbocycles. The highest BCUT2D eigenvalue weighted by molar-refractivity contribution is 6.02. The van der Waals surface area contributed by atoms with Crippen molar-refractivity contribution in [1.29, 1.82) is 0 Å². The molecule has 0 atom stereocenters. The zero-order valence-corrected chi connectivity index (χ0v) is 17.5. The van der Waals surface area contributed by atoms with Gasteiger partial charge in [0.25, 0.3) is 5.56 Å². The molecule has 2 aromatic heterocycles. The number of hydrogen-bond donors (Lipinski definition) is 0. The van der Waals surface area contributed by atoms with Gasteiger partial charge in [-0.15, -0.1) is 0 Å². The molecule has 31 heavy (non-hydrogen) atoms. The zero-order chi connectivity index (χ0) is 22.7. The Morgan fingerprint density at radius 3 is 2.48 bits per heavy atom. The molecule has 0 fully saturated rings. The quantitative estimate of drug-likeness (QED) is 0.539. The number of carbonyl (C=O) groups excluding carboxylic acids is 2. The van der Waals surface area contributed by atoms with Crippen LogP contribution in [-0.2, 0) is 20.8 Å². The number of rotatable bonds is 6. The summed E-state index contributed by atoms with van der Waals surface area (Å²) in [6.45, 7) is 2.67. The van der Waals surface area contributed by atoms with Gasteiger partial charge in [-0.2, -0.15) is 0 Å². The lowest BCUT2D eigenvalue weighted by Gasteiger charge is -2.17. The Morgan fingerprint density at radius 1 is 1.13 bits per heavy atom. The van der Waals surface area contributed by atoms with Crippen molar-refractivity contribution in [3.8, 4) is 11.4 Å². The summed E-state index contributed by atoms with van der Waals surface area (Å²) in [4.78, 5) is 55.5. The first-order valence-corrected chi connectivity index (χ1v) is 9.38. The van der Waals surface area contributed by atoms with Gasteiger partial charge in [-0.25, -0.2) is 23.7 Å². The van der Waals surface area contributed by atoms with Crippen molar-refractivity contribution in [2.45, 2.75) is 20.4 Å². The van der Waals surface area contributed by atoms with Gasteiger partial charge in [0.2, 0.25) is 0 Å². The Balaban J connectivity index is 2.53. The molecule has 0 aliphatic rings. The van der Waals surface area contributed by atoms with Crippen molar-refractivity contribution in [2.75, 3.05) is 20.8 Å². The van der Waals surface area contributed by atoms with E-state index in [0.717, 1.165) is 4.57 Å². The number of pyridine rings is 1. The van der Waals surface area contributed by atoms with Crippen LogP contribution in [0.2, 0.25) is 0 Å². The summed E-state index contributed by atoms with van der Waals surface area (Å²) in [5.41, 5.74) is -1.14. The van der Waals surface area contributed by atoms with Crippen molar-refractivity contribution in [3.63, 3.8) is 0 Å². The number of esters is 2. The van der Waals surface area contributed by atoms with E-state index in [9.17, 15) is 19.2 Å². The maximum atomic E-state index is 13.4. The van der Waals surface area contributed by atoms with Gasteiger partial charge in [-0.1, -0.05) is 12.1 Å². The summed E-state index contributed by atoms with van der Waals surface area (Å²) >= 11 is 0. The topological polar surface area (TPSA) is 119 Å². The number of nitrogens with zero attached hydrogens (tertiary/aromatic N) is 3. The van der Waals surface area contributed by atoms with Gasteiger partial charge in [0, 0.05) is 5.69 Å². The molecule has 0 N–H and O–H groups in total. The average molecular weight is 427 g/mol. The molecular formula is C21H21N3O7. The van der Waals surface area contributed by atoms with Gasteiger partial charge in [0.15, 0.2) is 5.65 Å². The van der Waals surface area contributed by atoms with Gasteiger partial charge >= 0.3 is 17.6 Å². The standard InChI is InChI=1S/C21H21N3O7/c1-5-31-16(25)11-23-19(26)17-13(20(27)30-4)10-12(2)22-18(17)24(21(23)28)14-8-6-7-9-15(14)29-3/h6-10H,5,11H2,1-4H3. The minimum atomic E-state index is -0.855. The zero-order valence-electron chi connectivity index (χ0n) is 17.5. The van der Waals surface area contributed by atoms with Crippen LogP contribution in [0.4, 0.5) is 0 Å². The molecule has 0 radical (unpaired) electrons. The third kappa shape index (κ3) is 3.91. The molecule has 0 aliphatic heterocycles. The first-order valence-electron chi connectivity index (χ1n) is 9.38. The second-order valence-corrected chi connectivity index (χ2v) is 6.49. The SMILES string of the molecule is CCOC(=O)Cn1c(=O)c2c(C(=O)OC)cc(C)nc2n(-c2ccccc2OC)c1=O. The van der Waals surface area contributed by atoms with Crippen molar-refractivity contribution >= 4 is 23.0 Å². The van der Waals surface area contributed by atoms with Crippen molar-refractivity contribution in [1.82, 2.24) is 14.1 Å². The molecule has 2 heterocycles. The van der Waals surface area contributed by atoms with Crippen LogP contribution >= 0.6 is 0 Å². The Kier molecular flexibility index (Phi) is 6.19. The Morgan fingerprint density at radius 2 is 1.84 bits per heavy atom. The largest absolute Gasteiger partial charge is 0.495 e. The lowest BCUT2D eigenvalue weighted by molar-refractivity contribution is -0.143. The number of aryl methyl sites for hydroxylation is 1. The summed E-state index contributed by atoms with van der Waals surface area (Å²) in [5, 5.41) is -0.160. The molecule has 0 amide bonds. The molecule has 10 nitrogen and oxygen atoms in total. The maximum absolute atomic E-state index is 13.4. The Hall–Kier alpha value is -3.95. The molecule has 0 spiro atoms. The summed E-state index contributed by atoms with van der Waals surface area (Å²) in [6, 6.07) is 8.00. The van der Waals surface area contributed by atoms with Crippen LogP contribution in [0.3, 0.4) is 0 Å². The van der Waals surface area contributed by atoms with E-state index in [2.05, 4.69) is 4.98 Å². The number of hydrogen-bond acceptors (Lipinski definition) is 8. The molecule has 3 rings (SSSR count). The van der Waals surface area contributed by atoms with E-state index < -0.39 is 29.7 Å². The summed E-state index contributed by atoms with van der Waals surface area (Å²) in [7, 11) is 2.61. The van der Waals surface area contributed by atoms with Crippen molar-refractivity contribution in [2.24, 2.45) is 0 Å². The number of benzene rings is 1. The number of ether oxygens (including phenoxy) is 3. The van der Waals surface area contributed by atoms with E-state index in [4.69, 9.17) is 14.2 Å². The number of methoxy groups -OCH3 is 2. The third-order valence-electron chi connectivity index (χ3n) is 4.55. The number of carbonyl (C=O) groups is 2. The Bertz CT molecular complexity index is 1290. The van der Waals surface area contributed by atoms with Gasteiger partial charge in [-0.3, -0.25) is 9.59 Å². The summed E-state index contributed by atoms with van der Waals surface area (Å²) in [6.07, 6.45) is 0. The molecule has 162 valence electrons. The van der Waals surface area contributed by atoms with E-state index in [1.165, 1.54) is 20.3 Å². The van der Waals surface area contributed by atoms with Crippen LogP contribution in [-0.4, -0.2) is 46.9 Å². The highest BCUT2D eigenvalue weighted by Crippen LogP contribution is 2.24. The highest BCUT2D eigenvalue weighted by atomic mass is 16.5. The summed E-state index contributed by atoms with van der Waals surface area (Å²) < 4.78 is 16.9. The molecule has 0 saturated carbocycles. The predicted octanol–water partition coefficient (Wildman–Crippen LogP) is 1.21. The lowest BCUT2D eigenvalue weighted by Crippen LogP contribution is -2.42. The van der Waals surface area contributed by atoms with Gasteiger partial charge in [-0.05, 0) is 32.0 Å². The van der Waals surface area contributed by atoms with Crippen molar-refractivity contribution in [3.05, 3.63) is 62.4 Å². The normalized spacial score (nSPS) is 10.7. The highest BCUT2D eigenvalue weighted by Gasteiger charge is 2.24. The van der Waals surface area contributed by atoms with E-state index in [1.807, 2.05) is 0 Å². The van der Waals surface area contributed by atoms with Crippen LogP contribution in [0.15, 0.2) is 39.9 Å². The van der Waals surface area contributed by atoms with Crippen molar-refractivity contribution < 1.29 is 23.8 Å².